The lowest BCUT2D eigenvalue weighted by Gasteiger charge is -2.18. The van der Waals surface area contributed by atoms with Crippen LogP contribution in [0.4, 0.5) is 0 Å². The first-order valence-electron chi connectivity index (χ1n) is 7.35. The lowest BCUT2D eigenvalue weighted by molar-refractivity contribution is 0.501. The Morgan fingerprint density at radius 1 is 1.39 bits per heavy atom. The Balaban J connectivity index is 2.30. The summed E-state index contributed by atoms with van der Waals surface area (Å²) in [4.78, 5) is 9.41. The van der Waals surface area contributed by atoms with Crippen molar-refractivity contribution in [2.75, 3.05) is 6.54 Å². The van der Waals surface area contributed by atoms with E-state index in [0.29, 0.717) is 12.0 Å². The Morgan fingerprint density at radius 3 is 2.94 bits per heavy atom. The van der Waals surface area contributed by atoms with E-state index in [9.17, 15) is 0 Å². The molecule has 0 amide bonds. The van der Waals surface area contributed by atoms with Gasteiger partial charge in [0.2, 0.25) is 0 Å². The van der Waals surface area contributed by atoms with Crippen molar-refractivity contribution in [2.45, 2.75) is 64.8 Å². The molecule has 100 valence electrons. The molecule has 0 saturated heterocycles. The Kier molecular flexibility index (Phi) is 4.70. The van der Waals surface area contributed by atoms with Crippen molar-refractivity contribution < 1.29 is 0 Å². The second kappa shape index (κ2) is 6.28. The van der Waals surface area contributed by atoms with Gasteiger partial charge in [-0.2, -0.15) is 0 Å². The molecule has 2 atom stereocenters. The lowest BCUT2D eigenvalue weighted by atomic mass is 10.0. The van der Waals surface area contributed by atoms with Crippen LogP contribution in [0.5, 0.6) is 0 Å². The molecule has 1 N–H and O–H groups in total. The summed E-state index contributed by atoms with van der Waals surface area (Å²) in [7, 11) is 0. The monoisotopic (exact) mass is 247 g/mol. The highest BCUT2D eigenvalue weighted by molar-refractivity contribution is 5.24. The Labute approximate surface area is 110 Å². The molecule has 0 bridgehead atoms. The lowest BCUT2D eigenvalue weighted by Crippen LogP contribution is -2.22. The first-order valence-corrected chi connectivity index (χ1v) is 7.35. The van der Waals surface area contributed by atoms with Crippen LogP contribution < -0.4 is 5.32 Å². The summed E-state index contributed by atoms with van der Waals surface area (Å²) in [6.07, 6.45) is 8.05. The van der Waals surface area contributed by atoms with Crippen LogP contribution >= 0.6 is 0 Å². The summed E-state index contributed by atoms with van der Waals surface area (Å²) in [6.45, 7) is 7.58. The summed E-state index contributed by atoms with van der Waals surface area (Å²) in [5.74, 6) is 1.49. The Bertz CT molecular complexity index is 389. The molecule has 2 rings (SSSR count). The minimum Gasteiger partial charge on any atom is -0.310 e. The third kappa shape index (κ3) is 2.89. The van der Waals surface area contributed by atoms with Crippen LogP contribution in [-0.2, 0) is 6.42 Å². The molecule has 0 radical (unpaired) electrons. The number of nitrogens with one attached hydrogen (secondary N) is 1. The zero-order valence-electron chi connectivity index (χ0n) is 11.9. The normalized spacial score (nSPS) is 21.2. The van der Waals surface area contributed by atoms with Crippen LogP contribution in [0.2, 0.25) is 0 Å². The van der Waals surface area contributed by atoms with Gasteiger partial charge in [0.05, 0.1) is 0 Å². The Morgan fingerprint density at radius 2 is 2.22 bits per heavy atom. The van der Waals surface area contributed by atoms with Gasteiger partial charge in [-0.25, -0.2) is 9.97 Å². The molecule has 0 aromatic carbocycles. The van der Waals surface area contributed by atoms with Crippen LogP contribution in [0.25, 0.3) is 0 Å². The van der Waals surface area contributed by atoms with Gasteiger partial charge in [-0.15, -0.1) is 0 Å². The zero-order valence-corrected chi connectivity index (χ0v) is 11.9. The van der Waals surface area contributed by atoms with Crippen LogP contribution in [-0.4, -0.2) is 16.5 Å². The summed E-state index contributed by atoms with van der Waals surface area (Å²) in [5.41, 5.74) is 2.62. The molecule has 0 spiro atoms. The fraction of sp³-hybridized carbons (Fsp3) is 0.733. The smallest absolute Gasteiger partial charge is 0.131 e. The number of rotatable bonds is 4. The molecule has 1 heterocycles. The van der Waals surface area contributed by atoms with E-state index in [0.717, 1.165) is 25.2 Å². The first kappa shape index (κ1) is 13.5. The van der Waals surface area contributed by atoms with Crippen molar-refractivity contribution in [3.63, 3.8) is 0 Å². The van der Waals surface area contributed by atoms with Crippen molar-refractivity contribution in [1.29, 1.82) is 0 Å². The van der Waals surface area contributed by atoms with Gasteiger partial charge in [0.1, 0.15) is 5.82 Å². The standard InChI is InChI=1S/C15H25N3/c1-4-11(3)15-17-10-12-13(16-5-2)8-6-7-9-14(12)18-15/h10-11,13,16H,4-9H2,1-3H3. The van der Waals surface area contributed by atoms with Crippen molar-refractivity contribution in [1.82, 2.24) is 15.3 Å². The largest absolute Gasteiger partial charge is 0.310 e. The molecule has 1 aromatic rings. The number of aryl methyl sites for hydroxylation is 1. The van der Waals surface area contributed by atoms with Gasteiger partial charge in [-0.3, -0.25) is 0 Å². The summed E-state index contributed by atoms with van der Waals surface area (Å²) in [6, 6.07) is 0.457. The highest BCUT2D eigenvalue weighted by Crippen LogP contribution is 2.28. The van der Waals surface area contributed by atoms with Crippen LogP contribution in [0.1, 0.15) is 75.5 Å². The van der Waals surface area contributed by atoms with E-state index in [1.165, 1.54) is 30.5 Å². The maximum absolute atomic E-state index is 4.83. The van der Waals surface area contributed by atoms with Crippen molar-refractivity contribution in [3.8, 4) is 0 Å². The van der Waals surface area contributed by atoms with E-state index in [4.69, 9.17) is 4.98 Å². The molecule has 18 heavy (non-hydrogen) atoms. The number of nitrogens with zero attached hydrogens (tertiary/aromatic N) is 2. The Hall–Kier alpha value is -0.960. The van der Waals surface area contributed by atoms with E-state index in [1.807, 2.05) is 0 Å². The van der Waals surface area contributed by atoms with Gasteiger partial charge < -0.3 is 5.32 Å². The van der Waals surface area contributed by atoms with E-state index >= 15 is 0 Å². The molecule has 2 unspecified atom stereocenters. The van der Waals surface area contributed by atoms with Gasteiger partial charge in [-0.1, -0.05) is 27.2 Å². The highest BCUT2D eigenvalue weighted by atomic mass is 14.9. The fourth-order valence-corrected chi connectivity index (χ4v) is 2.61. The molecule has 3 nitrogen and oxygen atoms in total. The predicted octanol–water partition coefficient (Wildman–Crippen LogP) is 3.37. The summed E-state index contributed by atoms with van der Waals surface area (Å²) >= 11 is 0. The predicted molar refractivity (Wildman–Crippen MR) is 74.7 cm³/mol. The fourth-order valence-electron chi connectivity index (χ4n) is 2.61. The number of hydrogen-bond donors (Lipinski definition) is 1. The van der Waals surface area contributed by atoms with E-state index in [-0.39, 0.29) is 0 Å². The minimum absolute atomic E-state index is 0.457. The average Bonchev–Trinajstić information content (AvgIpc) is 2.60. The molecular formula is C15H25N3. The van der Waals surface area contributed by atoms with E-state index in [1.54, 1.807) is 0 Å². The SMILES string of the molecule is CCNC1CCCCc2nc(C(C)CC)ncc21. The molecule has 0 fully saturated rings. The van der Waals surface area contributed by atoms with Crippen LogP contribution in [0.3, 0.4) is 0 Å². The van der Waals surface area contributed by atoms with Gasteiger partial charge in [-0.05, 0) is 32.2 Å². The maximum atomic E-state index is 4.83. The summed E-state index contributed by atoms with van der Waals surface area (Å²) < 4.78 is 0. The third-order valence-corrected chi connectivity index (χ3v) is 3.95. The minimum atomic E-state index is 0.457. The number of aromatic nitrogens is 2. The van der Waals surface area contributed by atoms with Crippen molar-refractivity contribution in [2.24, 2.45) is 0 Å². The highest BCUT2D eigenvalue weighted by Gasteiger charge is 2.20. The zero-order chi connectivity index (χ0) is 13.0. The molecule has 1 aromatic heterocycles. The maximum Gasteiger partial charge on any atom is 0.131 e. The molecule has 1 aliphatic rings. The molecule has 0 saturated carbocycles. The molecule has 0 aliphatic heterocycles. The van der Waals surface area contributed by atoms with Crippen LogP contribution in [0.15, 0.2) is 6.20 Å². The van der Waals surface area contributed by atoms with E-state index in [2.05, 4.69) is 37.3 Å². The topological polar surface area (TPSA) is 37.8 Å². The van der Waals surface area contributed by atoms with Gasteiger partial charge in [0.15, 0.2) is 0 Å². The van der Waals surface area contributed by atoms with Gasteiger partial charge in [0.25, 0.3) is 0 Å². The molecule has 1 aliphatic carbocycles. The van der Waals surface area contributed by atoms with Crippen LogP contribution in [0, 0.1) is 0 Å². The number of hydrogen-bond acceptors (Lipinski definition) is 3. The van der Waals surface area contributed by atoms with Gasteiger partial charge >= 0.3 is 0 Å². The first-order chi connectivity index (χ1) is 8.76. The van der Waals surface area contributed by atoms with Gasteiger partial charge in [0, 0.05) is 29.4 Å². The summed E-state index contributed by atoms with van der Waals surface area (Å²) in [5, 5.41) is 3.56. The molecule has 3 heteroatoms. The number of fused-ring (bicyclic) bond motifs is 1. The second-order valence-electron chi connectivity index (χ2n) is 5.30. The van der Waals surface area contributed by atoms with Crippen molar-refractivity contribution in [3.05, 3.63) is 23.3 Å². The average molecular weight is 247 g/mol. The quantitative estimate of drug-likeness (QED) is 0.829. The van der Waals surface area contributed by atoms with Crippen molar-refractivity contribution >= 4 is 0 Å². The van der Waals surface area contributed by atoms with E-state index < -0.39 is 0 Å². The molecular weight excluding hydrogens is 222 g/mol. The second-order valence-corrected chi connectivity index (χ2v) is 5.30. The third-order valence-electron chi connectivity index (χ3n) is 3.95.